The van der Waals surface area contributed by atoms with E-state index in [-0.39, 0.29) is 0 Å². The first-order chi connectivity index (χ1) is 11.9. The summed E-state index contributed by atoms with van der Waals surface area (Å²) in [5.41, 5.74) is 0. The van der Waals surface area contributed by atoms with E-state index in [1.54, 1.807) is 0 Å². The molecule has 0 unspecified atom stereocenters. The molecule has 0 rings (SSSR count). The Labute approximate surface area is 160 Å². The van der Waals surface area contributed by atoms with Crippen LogP contribution in [0.5, 0.6) is 0 Å². The van der Waals surface area contributed by atoms with Crippen molar-refractivity contribution in [1.29, 1.82) is 0 Å². The van der Waals surface area contributed by atoms with E-state index >= 15 is 0 Å². The molecule has 0 bridgehead atoms. The summed E-state index contributed by atoms with van der Waals surface area (Å²) in [4.78, 5) is 7.76. The lowest BCUT2D eigenvalue weighted by atomic mass is 10.3. The average molecular weight is 374 g/mol. The molecule has 0 spiro atoms. The van der Waals surface area contributed by atoms with Crippen molar-refractivity contribution in [3.05, 3.63) is 0 Å². The van der Waals surface area contributed by atoms with Gasteiger partial charge < -0.3 is 19.1 Å². The Morgan fingerprint density at radius 1 is 0.600 bits per heavy atom. The quantitative estimate of drug-likeness (QED) is 0.359. The highest BCUT2D eigenvalue weighted by atomic mass is 28.4. The van der Waals surface area contributed by atoms with Crippen LogP contribution in [0.1, 0.15) is 47.5 Å². The second-order valence-corrected chi connectivity index (χ2v) is 11.9. The van der Waals surface area contributed by atoms with Gasteiger partial charge in [0.05, 0.1) is 0 Å². The van der Waals surface area contributed by atoms with E-state index in [2.05, 4.69) is 62.4 Å². The fourth-order valence-corrected chi connectivity index (χ4v) is 5.12. The summed E-state index contributed by atoms with van der Waals surface area (Å²) in [5.74, 6) is 0. The monoisotopic (exact) mass is 373 g/mol. The van der Waals surface area contributed by atoms with Gasteiger partial charge in [-0.05, 0) is 97.8 Å². The van der Waals surface area contributed by atoms with Crippen LogP contribution in [0.3, 0.4) is 0 Å². The molecule has 0 aromatic rings. The van der Waals surface area contributed by atoms with E-state index in [0.29, 0.717) is 0 Å². The molecule has 0 N–H and O–H groups in total. The molecule has 0 aromatic heterocycles. The standard InChI is InChI=1S/C20H47N3OSi/c1-8-21(9-2)15-13-17-23(18-14-16-22(10-3)11-4)19-20-25(6,7)24-12-5/h8-20H2,1-7H3. The van der Waals surface area contributed by atoms with E-state index in [0.717, 1.165) is 6.61 Å². The molecule has 0 aliphatic carbocycles. The number of nitrogens with zero attached hydrogens (tertiary/aromatic N) is 3. The maximum absolute atomic E-state index is 6.03. The Bertz CT molecular complexity index is 277. The summed E-state index contributed by atoms with van der Waals surface area (Å²) in [5, 5.41) is 0. The molecule has 0 aromatic carbocycles. The van der Waals surface area contributed by atoms with Crippen LogP contribution in [0.4, 0.5) is 0 Å². The third-order valence-corrected chi connectivity index (χ3v) is 7.75. The van der Waals surface area contributed by atoms with Crippen LogP contribution >= 0.6 is 0 Å². The first kappa shape index (κ1) is 25.1. The molecule has 0 aliphatic rings. The van der Waals surface area contributed by atoms with E-state index < -0.39 is 8.32 Å². The highest BCUT2D eigenvalue weighted by Crippen LogP contribution is 2.12. The van der Waals surface area contributed by atoms with Gasteiger partial charge in [-0.3, -0.25) is 0 Å². The molecule has 0 heterocycles. The predicted octanol–water partition coefficient (Wildman–Crippen LogP) is 3.99. The Morgan fingerprint density at radius 2 is 1.00 bits per heavy atom. The van der Waals surface area contributed by atoms with Crippen LogP contribution in [0.15, 0.2) is 0 Å². The summed E-state index contributed by atoms with van der Waals surface area (Å²) in [6, 6.07) is 1.25. The number of rotatable bonds is 17. The number of hydrogen-bond donors (Lipinski definition) is 0. The van der Waals surface area contributed by atoms with Crippen LogP contribution in [-0.2, 0) is 4.43 Å². The summed E-state index contributed by atoms with van der Waals surface area (Å²) < 4.78 is 6.03. The van der Waals surface area contributed by atoms with Crippen LogP contribution in [0.25, 0.3) is 0 Å². The maximum atomic E-state index is 6.03. The predicted molar refractivity (Wildman–Crippen MR) is 115 cm³/mol. The van der Waals surface area contributed by atoms with Crippen LogP contribution in [0.2, 0.25) is 19.1 Å². The molecule has 0 radical (unpaired) electrons. The lowest BCUT2D eigenvalue weighted by Crippen LogP contribution is -2.38. The van der Waals surface area contributed by atoms with Gasteiger partial charge in [0.15, 0.2) is 8.32 Å². The van der Waals surface area contributed by atoms with Crippen molar-refractivity contribution < 1.29 is 4.43 Å². The van der Waals surface area contributed by atoms with Gasteiger partial charge in [0, 0.05) is 6.61 Å². The van der Waals surface area contributed by atoms with E-state index in [9.17, 15) is 0 Å². The van der Waals surface area contributed by atoms with E-state index in [1.807, 2.05) is 0 Å². The molecule has 4 nitrogen and oxygen atoms in total. The summed E-state index contributed by atoms with van der Waals surface area (Å²) in [6.07, 6.45) is 2.56. The zero-order valence-corrected chi connectivity index (χ0v) is 19.4. The van der Waals surface area contributed by atoms with Gasteiger partial charge in [0.1, 0.15) is 0 Å². The molecule has 0 amide bonds. The van der Waals surface area contributed by atoms with Crippen molar-refractivity contribution >= 4 is 8.32 Å². The third kappa shape index (κ3) is 13.0. The Balaban J connectivity index is 4.38. The van der Waals surface area contributed by atoms with Gasteiger partial charge in [-0.25, -0.2) is 0 Å². The second-order valence-electron chi connectivity index (χ2n) is 7.55. The SMILES string of the molecule is CCO[Si](C)(C)CCN(CCCN(CC)CC)CCCN(CC)CC. The smallest absolute Gasteiger partial charge is 0.187 e. The van der Waals surface area contributed by atoms with Gasteiger partial charge in [-0.2, -0.15) is 0 Å². The Kier molecular flexibility index (Phi) is 15.2. The first-order valence-corrected chi connectivity index (χ1v) is 13.8. The minimum absolute atomic E-state index is 0.864. The van der Waals surface area contributed by atoms with Crippen molar-refractivity contribution in [1.82, 2.24) is 14.7 Å². The zero-order valence-electron chi connectivity index (χ0n) is 18.4. The highest BCUT2D eigenvalue weighted by molar-refractivity contribution is 6.71. The molecule has 0 aliphatic heterocycles. The highest BCUT2D eigenvalue weighted by Gasteiger charge is 2.22. The first-order valence-electron chi connectivity index (χ1n) is 10.7. The van der Waals surface area contributed by atoms with Crippen LogP contribution in [-0.4, -0.2) is 88.5 Å². The van der Waals surface area contributed by atoms with Crippen molar-refractivity contribution in [2.24, 2.45) is 0 Å². The molecule has 0 fully saturated rings. The maximum Gasteiger partial charge on any atom is 0.187 e. The fraction of sp³-hybridized carbons (Fsp3) is 1.00. The van der Waals surface area contributed by atoms with Gasteiger partial charge in [-0.1, -0.05) is 27.7 Å². The summed E-state index contributed by atoms with van der Waals surface area (Å²) in [7, 11) is -1.48. The molecular formula is C20H47N3OSi. The summed E-state index contributed by atoms with van der Waals surface area (Å²) in [6.45, 7) is 27.6. The molecule has 5 heteroatoms. The van der Waals surface area contributed by atoms with E-state index in [1.165, 1.54) is 77.8 Å². The van der Waals surface area contributed by atoms with Gasteiger partial charge in [0.2, 0.25) is 0 Å². The molecule has 0 saturated carbocycles. The van der Waals surface area contributed by atoms with Crippen LogP contribution < -0.4 is 0 Å². The molecule has 152 valence electrons. The normalized spacial score (nSPS) is 12.7. The van der Waals surface area contributed by atoms with Crippen LogP contribution in [0, 0.1) is 0 Å². The summed E-state index contributed by atoms with van der Waals surface area (Å²) >= 11 is 0. The topological polar surface area (TPSA) is 19.0 Å². The van der Waals surface area contributed by atoms with Gasteiger partial charge >= 0.3 is 0 Å². The lowest BCUT2D eigenvalue weighted by Gasteiger charge is -2.29. The van der Waals surface area contributed by atoms with Gasteiger partial charge in [0.25, 0.3) is 0 Å². The largest absolute Gasteiger partial charge is 0.418 e. The molecule has 0 saturated heterocycles. The Hall–Kier alpha value is 0.0569. The Morgan fingerprint density at radius 3 is 1.36 bits per heavy atom. The van der Waals surface area contributed by atoms with E-state index in [4.69, 9.17) is 4.43 Å². The molecule has 0 atom stereocenters. The number of hydrogen-bond acceptors (Lipinski definition) is 4. The minimum Gasteiger partial charge on any atom is -0.418 e. The van der Waals surface area contributed by atoms with Crippen molar-refractivity contribution in [2.75, 3.05) is 65.5 Å². The second kappa shape index (κ2) is 15.1. The lowest BCUT2D eigenvalue weighted by molar-refractivity contribution is 0.220. The fourth-order valence-electron chi connectivity index (χ4n) is 3.34. The van der Waals surface area contributed by atoms with Crippen molar-refractivity contribution in [3.63, 3.8) is 0 Å². The van der Waals surface area contributed by atoms with Crippen molar-refractivity contribution in [3.8, 4) is 0 Å². The molecule has 25 heavy (non-hydrogen) atoms. The average Bonchev–Trinajstić information content (AvgIpc) is 2.59. The van der Waals surface area contributed by atoms with Gasteiger partial charge in [-0.15, -0.1) is 0 Å². The molecular weight excluding hydrogens is 326 g/mol. The van der Waals surface area contributed by atoms with Crippen molar-refractivity contribution in [2.45, 2.75) is 66.6 Å². The zero-order chi connectivity index (χ0) is 19.1. The third-order valence-electron chi connectivity index (χ3n) is 5.25. The minimum atomic E-state index is -1.48.